The summed E-state index contributed by atoms with van der Waals surface area (Å²) in [5.41, 5.74) is -1.02. The molecule has 0 aromatic carbocycles. The molecular weight excluding hydrogens is 335 g/mol. The van der Waals surface area contributed by atoms with Crippen molar-refractivity contribution >= 4 is 44.8 Å². The van der Waals surface area contributed by atoms with E-state index in [2.05, 4.69) is 38.5 Å². The molecule has 2 nitrogen and oxygen atoms in total. The topological polar surface area (TPSA) is 37.3 Å². The molecule has 0 amide bonds. The van der Waals surface area contributed by atoms with Crippen LogP contribution in [0.2, 0.25) is 0 Å². The van der Waals surface area contributed by atoms with Gasteiger partial charge in [-0.3, -0.25) is 0 Å². The fraction of sp³-hybridized carbons (Fsp3) is 0.375. The number of carbonyl (C=O) groups excluding carboxylic acids is 1. The van der Waals surface area contributed by atoms with Crippen molar-refractivity contribution in [1.29, 1.82) is 0 Å². The van der Waals surface area contributed by atoms with Gasteiger partial charge in [0.15, 0.2) is 0 Å². The maximum Gasteiger partial charge on any atom is 0.130 e. The predicted octanol–water partition coefficient (Wildman–Crippen LogP) is 1.82. The highest BCUT2D eigenvalue weighted by Crippen LogP contribution is 2.29. The number of allylic oxidation sites excluding steroid dienone is 2. The summed E-state index contributed by atoms with van der Waals surface area (Å²) >= 11 is 5.32. The summed E-state index contributed by atoms with van der Waals surface area (Å²) in [5, 5.41) is 9.91. The van der Waals surface area contributed by atoms with E-state index in [0.717, 1.165) is 10.8 Å². The summed E-state index contributed by atoms with van der Waals surface area (Å²) in [6.45, 7) is 0. The molecule has 2 atom stereocenters. The van der Waals surface area contributed by atoms with Gasteiger partial charge in [0, 0.05) is 8.91 Å². The minimum atomic E-state index is -1.02. The highest BCUT2D eigenvalue weighted by molar-refractivity contribution is 14.1. The number of rotatable bonds is 2. The zero-order valence-electron chi connectivity index (χ0n) is 6.21. The molecular formula is C8H8BrIO2. The summed E-state index contributed by atoms with van der Waals surface area (Å²) in [6.07, 6.45) is 5.92. The van der Waals surface area contributed by atoms with Crippen molar-refractivity contribution in [2.24, 2.45) is 5.92 Å². The van der Waals surface area contributed by atoms with E-state index in [0.29, 0.717) is 4.43 Å². The molecule has 0 saturated carbocycles. The summed E-state index contributed by atoms with van der Waals surface area (Å²) in [5.74, 6) is -0.421. The van der Waals surface area contributed by atoms with Crippen LogP contribution in [0.5, 0.6) is 0 Å². The normalized spacial score (nSPS) is 34.6. The molecule has 2 unspecified atom stereocenters. The van der Waals surface area contributed by atoms with Gasteiger partial charge in [0.05, 0.1) is 5.92 Å². The van der Waals surface area contributed by atoms with E-state index in [1.165, 1.54) is 0 Å². The number of aliphatic hydroxyl groups is 1. The van der Waals surface area contributed by atoms with Gasteiger partial charge in [-0.05, 0) is 6.08 Å². The van der Waals surface area contributed by atoms with E-state index in [9.17, 15) is 9.90 Å². The highest BCUT2D eigenvalue weighted by Gasteiger charge is 2.33. The molecule has 0 radical (unpaired) electrons. The van der Waals surface area contributed by atoms with Crippen molar-refractivity contribution in [2.45, 2.75) is 5.60 Å². The fourth-order valence-corrected chi connectivity index (χ4v) is 2.31. The Hall–Kier alpha value is 0.320. The minimum absolute atomic E-state index is 0.421. The summed E-state index contributed by atoms with van der Waals surface area (Å²) in [4.78, 5) is 10.6. The Morgan fingerprint density at radius 3 is 3.00 bits per heavy atom. The van der Waals surface area contributed by atoms with Crippen molar-refractivity contribution in [3.63, 3.8) is 0 Å². The lowest BCUT2D eigenvalue weighted by Gasteiger charge is -2.28. The smallest absolute Gasteiger partial charge is 0.130 e. The third kappa shape index (κ3) is 1.97. The van der Waals surface area contributed by atoms with Crippen molar-refractivity contribution in [1.82, 2.24) is 0 Å². The van der Waals surface area contributed by atoms with Crippen LogP contribution in [0.1, 0.15) is 0 Å². The van der Waals surface area contributed by atoms with E-state index < -0.39 is 11.5 Å². The molecule has 0 fully saturated rings. The maximum atomic E-state index is 10.6. The minimum Gasteiger partial charge on any atom is -0.384 e. The Kier molecular flexibility index (Phi) is 3.48. The Balaban J connectivity index is 2.96. The van der Waals surface area contributed by atoms with Gasteiger partial charge in [-0.25, -0.2) is 0 Å². The van der Waals surface area contributed by atoms with Crippen LogP contribution >= 0.6 is 38.5 Å². The van der Waals surface area contributed by atoms with Crippen LogP contribution in [-0.4, -0.2) is 21.4 Å². The lowest BCUT2D eigenvalue weighted by atomic mass is 9.87. The van der Waals surface area contributed by atoms with Crippen LogP contribution in [0.3, 0.4) is 0 Å². The van der Waals surface area contributed by atoms with Crippen LogP contribution in [-0.2, 0) is 4.79 Å². The molecule has 0 aromatic heterocycles. The van der Waals surface area contributed by atoms with Crippen LogP contribution in [0.15, 0.2) is 22.7 Å². The van der Waals surface area contributed by atoms with Crippen molar-refractivity contribution in [3.8, 4) is 0 Å². The third-order valence-corrected chi connectivity index (χ3v) is 3.50. The second kappa shape index (κ2) is 4.02. The molecule has 1 aliphatic rings. The van der Waals surface area contributed by atoms with Crippen LogP contribution in [0.4, 0.5) is 0 Å². The summed E-state index contributed by atoms with van der Waals surface area (Å²) in [6, 6.07) is 0. The first-order valence-electron chi connectivity index (χ1n) is 3.42. The summed E-state index contributed by atoms with van der Waals surface area (Å²) < 4.78 is 1.33. The van der Waals surface area contributed by atoms with Gasteiger partial charge in [0.2, 0.25) is 0 Å². The van der Waals surface area contributed by atoms with Crippen molar-refractivity contribution in [3.05, 3.63) is 22.7 Å². The van der Waals surface area contributed by atoms with Gasteiger partial charge in [0.1, 0.15) is 11.9 Å². The average Bonchev–Trinajstić information content (AvgIpc) is 2.05. The van der Waals surface area contributed by atoms with Gasteiger partial charge in [-0.15, -0.1) is 0 Å². The van der Waals surface area contributed by atoms with Gasteiger partial charge < -0.3 is 9.90 Å². The van der Waals surface area contributed by atoms with E-state index in [1.54, 1.807) is 18.2 Å². The molecule has 66 valence electrons. The first-order chi connectivity index (χ1) is 5.62. The lowest BCUT2D eigenvalue weighted by Crippen LogP contribution is -2.39. The number of hydrogen-bond acceptors (Lipinski definition) is 2. The third-order valence-electron chi connectivity index (χ3n) is 1.79. The molecule has 1 aliphatic carbocycles. The van der Waals surface area contributed by atoms with Gasteiger partial charge in [0.25, 0.3) is 0 Å². The monoisotopic (exact) mass is 342 g/mol. The SMILES string of the molecule is O=CC1C=CC(Br)=CC1(O)CI. The molecule has 1 rings (SSSR count). The van der Waals surface area contributed by atoms with Crippen molar-refractivity contribution < 1.29 is 9.90 Å². The highest BCUT2D eigenvalue weighted by atomic mass is 127. The first-order valence-corrected chi connectivity index (χ1v) is 5.74. The predicted molar refractivity (Wildman–Crippen MR) is 59.5 cm³/mol. The quantitative estimate of drug-likeness (QED) is 0.472. The largest absolute Gasteiger partial charge is 0.384 e. The number of carbonyl (C=O) groups is 1. The molecule has 1 N–H and O–H groups in total. The molecule has 0 bridgehead atoms. The molecule has 0 aliphatic heterocycles. The fourth-order valence-electron chi connectivity index (χ4n) is 1.04. The number of aldehydes is 1. The summed E-state index contributed by atoms with van der Waals surface area (Å²) in [7, 11) is 0. The molecule has 0 aromatic rings. The standard InChI is InChI=1S/C8H8BrIO2/c9-7-2-1-6(4-11)8(12,3-7)5-10/h1-4,6,12H,5H2. The Morgan fingerprint density at radius 1 is 1.83 bits per heavy atom. The second-order valence-corrected chi connectivity index (χ2v) is 4.35. The Labute approximate surface area is 93.0 Å². The van der Waals surface area contributed by atoms with E-state index in [4.69, 9.17) is 0 Å². The zero-order valence-corrected chi connectivity index (χ0v) is 9.95. The molecule has 0 heterocycles. The first kappa shape index (κ1) is 10.4. The number of alkyl halides is 1. The Morgan fingerprint density at radius 2 is 2.50 bits per heavy atom. The molecule has 0 spiro atoms. The average molecular weight is 343 g/mol. The Bertz CT molecular complexity index is 249. The number of halogens is 2. The van der Waals surface area contributed by atoms with E-state index in [-0.39, 0.29) is 0 Å². The molecule has 4 heteroatoms. The van der Waals surface area contributed by atoms with Gasteiger partial charge in [-0.1, -0.05) is 50.7 Å². The number of hydrogen-bond donors (Lipinski definition) is 1. The van der Waals surface area contributed by atoms with Crippen LogP contribution < -0.4 is 0 Å². The zero-order chi connectivity index (χ0) is 9.19. The molecule has 0 saturated heterocycles. The van der Waals surface area contributed by atoms with Gasteiger partial charge in [-0.2, -0.15) is 0 Å². The van der Waals surface area contributed by atoms with Crippen LogP contribution in [0, 0.1) is 5.92 Å². The maximum absolute atomic E-state index is 10.6. The van der Waals surface area contributed by atoms with E-state index in [1.807, 2.05) is 0 Å². The van der Waals surface area contributed by atoms with Gasteiger partial charge >= 0.3 is 0 Å². The van der Waals surface area contributed by atoms with Crippen LogP contribution in [0.25, 0.3) is 0 Å². The molecule has 12 heavy (non-hydrogen) atoms. The van der Waals surface area contributed by atoms with E-state index >= 15 is 0 Å². The van der Waals surface area contributed by atoms with Crippen molar-refractivity contribution in [2.75, 3.05) is 4.43 Å². The second-order valence-electron chi connectivity index (χ2n) is 2.68. The lowest BCUT2D eigenvalue weighted by molar-refractivity contribution is -0.114.